The van der Waals surface area contributed by atoms with Crippen molar-refractivity contribution in [1.82, 2.24) is 10.2 Å². The van der Waals surface area contributed by atoms with E-state index in [0.29, 0.717) is 19.5 Å². The van der Waals surface area contributed by atoms with Gasteiger partial charge < -0.3 is 24.8 Å². The molecule has 0 saturated carbocycles. The molecular formula is C50H61FN4O4. The number of anilines is 2. The maximum atomic E-state index is 14.2. The van der Waals surface area contributed by atoms with E-state index in [9.17, 15) is 18.8 Å². The Hall–Kier alpha value is -5.96. The Morgan fingerprint density at radius 3 is 2.24 bits per heavy atom. The standard InChI is InChI=1S/C25H25NO2.C23H30FN3O2.C2H6/c1-28-21-12-7-11-20(18-21)22-13-5-6-14-23(22)24-15-8-16-26(24)25(27)17-19-9-3-2-4-10-19;1-17(2)16-27(23(29)21-11-5-6-12-22(21)24)20-10-7-9-19(15-20)26(4)14-8-13-25-18(3)28;1-2/h2-7,9-14,18,24H,8,15-17H2,1H3;5-7,9-12,15,17H,8,13-14,16H2,1-4H3,(H,25,28);1-2H3/t24-;;/m1../s1. The van der Waals surface area contributed by atoms with Gasteiger partial charge >= 0.3 is 0 Å². The molecule has 5 aromatic carbocycles. The summed E-state index contributed by atoms with van der Waals surface area (Å²) in [6, 6.07) is 40.4. The average Bonchev–Trinajstić information content (AvgIpc) is 3.76. The van der Waals surface area contributed by atoms with E-state index in [1.165, 1.54) is 30.2 Å². The van der Waals surface area contributed by atoms with Gasteiger partial charge in [0.1, 0.15) is 11.6 Å². The van der Waals surface area contributed by atoms with Crippen LogP contribution in [-0.2, 0) is 16.0 Å². The molecule has 59 heavy (non-hydrogen) atoms. The Labute approximate surface area is 351 Å². The molecule has 1 aliphatic rings. The molecule has 0 bridgehead atoms. The zero-order valence-corrected chi connectivity index (χ0v) is 35.8. The van der Waals surface area contributed by atoms with Gasteiger partial charge in [0.2, 0.25) is 11.8 Å². The number of likely N-dealkylation sites (tertiary alicyclic amines) is 1. The topological polar surface area (TPSA) is 82.2 Å². The van der Waals surface area contributed by atoms with E-state index in [2.05, 4.69) is 51.5 Å². The van der Waals surface area contributed by atoms with Crippen molar-refractivity contribution in [2.75, 3.05) is 50.1 Å². The Kier molecular flexibility index (Phi) is 18.2. The second-order valence-corrected chi connectivity index (χ2v) is 14.8. The summed E-state index contributed by atoms with van der Waals surface area (Å²) in [6.45, 7) is 12.2. The molecule has 0 aliphatic carbocycles. The van der Waals surface area contributed by atoms with E-state index >= 15 is 0 Å². The van der Waals surface area contributed by atoms with Gasteiger partial charge in [0.05, 0.1) is 25.1 Å². The number of ether oxygens (including phenoxy) is 1. The van der Waals surface area contributed by atoms with Gasteiger partial charge in [-0.1, -0.05) is 113 Å². The Bertz CT molecular complexity index is 2090. The number of carbonyl (C=O) groups is 3. The number of methoxy groups -OCH3 is 1. The number of carbonyl (C=O) groups excluding carboxylic acids is 3. The summed E-state index contributed by atoms with van der Waals surface area (Å²) in [5.74, 6) is 0.375. The monoisotopic (exact) mass is 800 g/mol. The highest BCUT2D eigenvalue weighted by Gasteiger charge is 2.31. The van der Waals surface area contributed by atoms with Gasteiger partial charge in [0.25, 0.3) is 5.91 Å². The Morgan fingerprint density at radius 2 is 1.53 bits per heavy atom. The largest absolute Gasteiger partial charge is 0.497 e. The molecule has 1 heterocycles. The second-order valence-electron chi connectivity index (χ2n) is 14.8. The predicted molar refractivity (Wildman–Crippen MR) is 240 cm³/mol. The SMILES string of the molecule is CC.CC(=O)NCCCN(C)c1cccc(N(CC(C)C)C(=O)c2ccccc2F)c1.COc1cccc(-c2ccccc2[C@H]2CCCN2C(=O)Cc2ccccc2)c1. The number of nitrogens with one attached hydrogen (secondary N) is 1. The molecule has 1 aliphatic heterocycles. The van der Waals surface area contributed by atoms with Gasteiger partial charge in [0, 0.05) is 51.5 Å². The molecule has 0 aromatic heterocycles. The van der Waals surface area contributed by atoms with Crippen molar-refractivity contribution >= 4 is 29.1 Å². The highest BCUT2D eigenvalue weighted by atomic mass is 19.1. The van der Waals surface area contributed by atoms with E-state index in [0.717, 1.165) is 60.6 Å². The summed E-state index contributed by atoms with van der Waals surface area (Å²) in [7, 11) is 3.66. The minimum Gasteiger partial charge on any atom is -0.497 e. The lowest BCUT2D eigenvalue weighted by atomic mass is 9.93. The van der Waals surface area contributed by atoms with Crippen LogP contribution in [0.15, 0.2) is 127 Å². The summed E-state index contributed by atoms with van der Waals surface area (Å²) in [5.41, 5.74) is 6.35. The Morgan fingerprint density at radius 1 is 0.847 bits per heavy atom. The average molecular weight is 801 g/mol. The molecule has 3 amide bonds. The lowest BCUT2D eigenvalue weighted by molar-refractivity contribution is -0.131. The molecule has 1 saturated heterocycles. The van der Waals surface area contributed by atoms with Crippen LogP contribution in [0.1, 0.15) is 81.4 Å². The lowest BCUT2D eigenvalue weighted by Crippen LogP contribution is -2.35. The zero-order chi connectivity index (χ0) is 42.7. The summed E-state index contributed by atoms with van der Waals surface area (Å²) in [4.78, 5) is 42.9. The van der Waals surface area contributed by atoms with Crippen LogP contribution in [0.4, 0.5) is 15.8 Å². The third-order valence-electron chi connectivity index (χ3n) is 10.00. The van der Waals surface area contributed by atoms with Gasteiger partial charge in [-0.25, -0.2) is 4.39 Å². The summed E-state index contributed by atoms with van der Waals surface area (Å²) >= 11 is 0. The fourth-order valence-corrected chi connectivity index (χ4v) is 7.16. The van der Waals surface area contributed by atoms with Crippen LogP contribution in [0, 0.1) is 11.7 Å². The molecule has 8 nitrogen and oxygen atoms in total. The summed E-state index contributed by atoms with van der Waals surface area (Å²) < 4.78 is 19.6. The highest BCUT2D eigenvalue weighted by molar-refractivity contribution is 6.06. The summed E-state index contributed by atoms with van der Waals surface area (Å²) in [6.07, 6.45) is 3.31. The number of nitrogens with zero attached hydrogens (tertiary/aromatic N) is 3. The van der Waals surface area contributed by atoms with Crippen molar-refractivity contribution in [2.24, 2.45) is 5.92 Å². The molecule has 9 heteroatoms. The van der Waals surface area contributed by atoms with Crippen molar-refractivity contribution in [3.05, 3.63) is 150 Å². The predicted octanol–water partition coefficient (Wildman–Crippen LogP) is 10.4. The molecular weight excluding hydrogens is 740 g/mol. The first-order valence-corrected chi connectivity index (χ1v) is 20.7. The van der Waals surface area contributed by atoms with E-state index in [-0.39, 0.29) is 35.2 Å². The van der Waals surface area contributed by atoms with Crippen LogP contribution >= 0.6 is 0 Å². The van der Waals surface area contributed by atoms with Crippen molar-refractivity contribution in [3.63, 3.8) is 0 Å². The number of amides is 3. The molecule has 1 N–H and O–H groups in total. The fraction of sp³-hybridized carbons (Fsp3) is 0.340. The number of halogens is 1. The molecule has 1 fully saturated rings. The van der Waals surface area contributed by atoms with E-state index in [4.69, 9.17) is 4.74 Å². The molecule has 5 aromatic rings. The second kappa shape index (κ2) is 23.4. The van der Waals surface area contributed by atoms with Crippen molar-refractivity contribution in [2.45, 2.75) is 66.3 Å². The van der Waals surface area contributed by atoms with Crippen LogP contribution in [0.3, 0.4) is 0 Å². The molecule has 1 atom stereocenters. The minimum absolute atomic E-state index is 0.0364. The number of hydrogen-bond donors (Lipinski definition) is 1. The van der Waals surface area contributed by atoms with Gasteiger partial charge in [-0.2, -0.15) is 0 Å². The number of rotatable bonds is 14. The Balaban J connectivity index is 0.000000250. The van der Waals surface area contributed by atoms with E-state index in [1.54, 1.807) is 24.1 Å². The summed E-state index contributed by atoms with van der Waals surface area (Å²) in [5, 5.41) is 2.79. The van der Waals surface area contributed by atoms with Crippen LogP contribution in [-0.4, -0.2) is 63.0 Å². The molecule has 0 spiro atoms. The van der Waals surface area contributed by atoms with Crippen LogP contribution in [0.5, 0.6) is 5.75 Å². The lowest BCUT2D eigenvalue weighted by Gasteiger charge is -2.27. The first-order valence-electron chi connectivity index (χ1n) is 20.7. The third kappa shape index (κ3) is 13.3. The molecule has 0 unspecified atom stereocenters. The van der Waals surface area contributed by atoms with Crippen molar-refractivity contribution in [1.29, 1.82) is 0 Å². The third-order valence-corrected chi connectivity index (χ3v) is 10.00. The fourth-order valence-electron chi connectivity index (χ4n) is 7.16. The van der Waals surface area contributed by atoms with Gasteiger partial charge in [-0.3, -0.25) is 14.4 Å². The van der Waals surface area contributed by atoms with E-state index in [1.807, 2.05) is 101 Å². The first-order chi connectivity index (χ1) is 28.5. The van der Waals surface area contributed by atoms with Gasteiger partial charge in [-0.05, 0) is 89.9 Å². The van der Waals surface area contributed by atoms with Gasteiger partial charge in [0.15, 0.2) is 0 Å². The normalized spacial score (nSPS) is 13.0. The maximum Gasteiger partial charge on any atom is 0.261 e. The number of benzene rings is 5. The highest BCUT2D eigenvalue weighted by Crippen LogP contribution is 2.39. The van der Waals surface area contributed by atoms with Crippen LogP contribution in [0.2, 0.25) is 0 Å². The molecule has 0 radical (unpaired) electrons. The van der Waals surface area contributed by atoms with Crippen molar-refractivity contribution in [3.8, 4) is 16.9 Å². The van der Waals surface area contributed by atoms with Gasteiger partial charge in [-0.15, -0.1) is 0 Å². The van der Waals surface area contributed by atoms with Crippen molar-refractivity contribution < 1.29 is 23.5 Å². The smallest absolute Gasteiger partial charge is 0.261 e. The number of hydrogen-bond acceptors (Lipinski definition) is 5. The van der Waals surface area contributed by atoms with Crippen LogP contribution < -0.4 is 19.9 Å². The zero-order valence-electron chi connectivity index (χ0n) is 35.8. The van der Waals surface area contributed by atoms with E-state index < -0.39 is 5.82 Å². The van der Waals surface area contributed by atoms with Crippen LogP contribution in [0.25, 0.3) is 11.1 Å². The molecule has 312 valence electrons. The molecule has 6 rings (SSSR count). The minimum atomic E-state index is -0.516. The quantitative estimate of drug-likeness (QED) is 0.113. The maximum absolute atomic E-state index is 14.2. The first kappa shape index (κ1) is 45.7.